The minimum absolute atomic E-state index is 0.0694. The van der Waals surface area contributed by atoms with Crippen LogP contribution < -0.4 is 11.2 Å². The average Bonchev–Trinajstić information content (AvgIpc) is 2.77. The first kappa shape index (κ1) is 18.0. The smallest absolute Gasteiger partial charge is 0.386 e. The van der Waals surface area contributed by atoms with E-state index in [2.05, 4.69) is 4.52 Å². The number of hydrogen-bond donors (Lipinski definition) is 3. The van der Waals surface area contributed by atoms with Gasteiger partial charge in [-0.2, -0.15) is 0 Å². The summed E-state index contributed by atoms with van der Waals surface area (Å²) in [6.07, 6.45) is -3.80. The third-order valence-electron chi connectivity index (χ3n) is 3.25. The first-order valence-electron chi connectivity index (χ1n) is 6.50. The molecule has 5 atom stereocenters. The zero-order valence-electron chi connectivity index (χ0n) is 12.3. The van der Waals surface area contributed by atoms with E-state index >= 15 is 0 Å². The highest BCUT2D eigenvalue weighted by molar-refractivity contribution is 7.47. The van der Waals surface area contributed by atoms with Crippen molar-refractivity contribution in [1.82, 2.24) is 9.55 Å². The number of hydrogen-bond acceptors (Lipinski definition) is 8. The maximum atomic E-state index is 11.8. The summed E-state index contributed by atoms with van der Waals surface area (Å²) in [5.41, 5.74) is -1.42. The van der Waals surface area contributed by atoms with Gasteiger partial charge in [0.15, 0.2) is 6.23 Å². The second kappa shape index (κ2) is 7.05. The molecule has 2 heterocycles. The number of phosphoric ester groups is 1. The Morgan fingerprint density at radius 2 is 2.13 bits per heavy atom. The summed E-state index contributed by atoms with van der Waals surface area (Å²) in [5.74, 6) is 0. The minimum atomic E-state index is -4.40. The third kappa shape index (κ3) is 3.96. The van der Waals surface area contributed by atoms with Crippen LogP contribution in [0.4, 0.5) is 0 Å². The van der Waals surface area contributed by atoms with Crippen molar-refractivity contribution in [1.29, 1.82) is 0 Å². The molecule has 1 unspecified atom stereocenters. The topological polar surface area (TPSA) is 149 Å². The van der Waals surface area contributed by atoms with Crippen LogP contribution in [0, 0.1) is 0 Å². The maximum Gasteiger partial charge on any atom is 0.472 e. The SMILES string of the molecule is COC[C@H]1O[C@@H](n2ccc(=O)[nH]c2=O)[C@H](O)[C@@H]1OP(=O)(O)OC. The summed E-state index contributed by atoms with van der Waals surface area (Å²) < 4.78 is 32.1. The van der Waals surface area contributed by atoms with Crippen LogP contribution in [0.5, 0.6) is 0 Å². The van der Waals surface area contributed by atoms with E-state index in [1.807, 2.05) is 4.98 Å². The molecule has 1 aromatic rings. The van der Waals surface area contributed by atoms with Gasteiger partial charge in [0.2, 0.25) is 0 Å². The van der Waals surface area contributed by atoms with Crippen LogP contribution in [0.15, 0.2) is 21.9 Å². The van der Waals surface area contributed by atoms with E-state index in [1.54, 1.807) is 0 Å². The number of aliphatic hydroxyl groups excluding tert-OH is 1. The van der Waals surface area contributed by atoms with E-state index in [0.717, 1.165) is 23.9 Å². The number of aromatic nitrogens is 2. The molecule has 1 fully saturated rings. The number of nitrogens with one attached hydrogen (secondary N) is 1. The van der Waals surface area contributed by atoms with Crippen molar-refractivity contribution in [2.24, 2.45) is 0 Å². The predicted octanol–water partition coefficient (Wildman–Crippen LogP) is -1.43. The molecule has 1 aromatic heterocycles. The van der Waals surface area contributed by atoms with Crippen molar-refractivity contribution in [2.75, 3.05) is 20.8 Å². The lowest BCUT2D eigenvalue weighted by molar-refractivity contribution is -0.0613. The number of phosphoric acid groups is 1. The number of rotatable bonds is 6. The van der Waals surface area contributed by atoms with E-state index < -0.39 is 43.6 Å². The number of aliphatic hydroxyl groups is 1. The predicted molar refractivity (Wildman–Crippen MR) is 74.8 cm³/mol. The van der Waals surface area contributed by atoms with Gasteiger partial charge in [-0.3, -0.25) is 23.4 Å². The standard InChI is InChI=1S/C11H17N2O9P/c1-19-5-6-9(22-23(17,18)20-2)8(15)10(21-6)13-4-3-7(14)12-11(13)16/h3-4,6,8-10,15H,5H2,1-2H3,(H,17,18)(H,12,14,16)/t6-,8-,9-,10-/m1/s1. The summed E-state index contributed by atoms with van der Waals surface area (Å²) in [6.45, 7) is -0.0694. The molecule has 0 aromatic carbocycles. The molecule has 1 aliphatic rings. The molecular weight excluding hydrogens is 335 g/mol. The number of H-pyrrole nitrogens is 1. The molecule has 0 saturated carbocycles. The van der Waals surface area contributed by atoms with Crippen molar-refractivity contribution in [3.63, 3.8) is 0 Å². The van der Waals surface area contributed by atoms with E-state index in [-0.39, 0.29) is 6.61 Å². The fourth-order valence-electron chi connectivity index (χ4n) is 2.20. The van der Waals surface area contributed by atoms with Crippen LogP contribution in [-0.2, 0) is 23.1 Å². The van der Waals surface area contributed by atoms with Crippen LogP contribution in [0.1, 0.15) is 6.23 Å². The fraction of sp³-hybridized carbons (Fsp3) is 0.636. The third-order valence-corrected chi connectivity index (χ3v) is 4.22. The average molecular weight is 352 g/mol. The highest BCUT2D eigenvalue weighted by Crippen LogP contribution is 2.47. The minimum Gasteiger partial charge on any atom is -0.386 e. The Morgan fingerprint density at radius 3 is 2.70 bits per heavy atom. The van der Waals surface area contributed by atoms with Crippen LogP contribution >= 0.6 is 7.82 Å². The van der Waals surface area contributed by atoms with Crippen LogP contribution in [-0.4, -0.2) is 58.7 Å². The van der Waals surface area contributed by atoms with Crippen molar-refractivity contribution in [3.8, 4) is 0 Å². The van der Waals surface area contributed by atoms with Gasteiger partial charge in [0, 0.05) is 26.5 Å². The molecule has 0 spiro atoms. The molecular formula is C11H17N2O9P. The van der Waals surface area contributed by atoms with E-state index in [4.69, 9.17) is 14.0 Å². The first-order chi connectivity index (χ1) is 10.8. The zero-order chi connectivity index (χ0) is 17.2. The summed E-state index contributed by atoms with van der Waals surface area (Å²) in [7, 11) is -2.07. The molecule has 11 nitrogen and oxygen atoms in total. The summed E-state index contributed by atoms with van der Waals surface area (Å²) in [5, 5.41) is 10.3. The normalized spacial score (nSPS) is 30.3. The Bertz CT molecular complexity index is 701. The number of nitrogens with zero attached hydrogens (tertiary/aromatic N) is 1. The first-order valence-corrected chi connectivity index (χ1v) is 7.99. The van der Waals surface area contributed by atoms with Crippen LogP contribution in [0.3, 0.4) is 0 Å². The summed E-state index contributed by atoms with van der Waals surface area (Å²) >= 11 is 0. The second-order valence-electron chi connectivity index (χ2n) is 4.75. The summed E-state index contributed by atoms with van der Waals surface area (Å²) in [4.78, 5) is 34.3. The zero-order valence-corrected chi connectivity index (χ0v) is 13.2. The van der Waals surface area contributed by atoms with Crippen molar-refractivity contribution >= 4 is 7.82 Å². The molecule has 1 aliphatic heterocycles. The van der Waals surface area contributed by atoms with Gasteiger partial charge in [-0.25, -0.2) is 9.36 Å². The highest BCUT2D eigenvalue weighted by atomic mass is 31.2. The van der Waals surface area contributed by atoms with Crippen molar-refractivity contribution in [3.05, 3.63) is 33.1 Å². The molecule has 130 valence electrons. The van der Waals surface area contributed by atoms with E-state index in [1.165, 1.54) is 7.11 Å². The Kier molecular flexibility index (Phi) is 5.53. The Balaban J connectivity index is 2.32. The monoisotopic (exact) mass is 352 g/mol. The van der Waals surface area contributed by atoms with Gasteiger partial charge in [0.05, 0.1) is 6.61 Å². The maximum absolute atomic E-state index is 11.8. The molecule has 3 N–H and O–H groups in total. The quantitative estimate of drug-likeness (QED) is 0.524. The highest BCUT2D eigenvalue weighted by Gasteiger charge is 2.48. The van der Waals surface area contributed by atoms with E-state index in [9.17, 15) is 24.2 Å². The molecule has 12 heteroatoms. The molecule has 0 bridgehead atoms. The number of ether oxygens (including phenoxy) is 2. The Hall–Kier alpha value is -1.33. The lowest BCUT2D eigenvalue weighted by atomic mass is 10.1. The Morgan fingerprint density at radius 1 is 1.43 bits per heavy atom. The van der Waals surface area contributed by atoms with Crippen molar-refractivity contribution in [2.45, 2.75) is 24.5 Å². The largest absolute Gasteiger partial charge is 0.472 e. The number of methoxy groups -OCH3 is 1. The molecule has 1 saturated heterocycles. The van der Waals surface area contributed by atoms with Gasteiger partial charge in [-0.1, -0.05) is 0 Å². The van der Waals surface area contributed by atoms with Gasteiger partial charge in [0.1, 0.15) is 18.3 Å². The Labute approximate surface area is 130 Å². The van der Waals surface area contributed by atoms with Gasteiger partial charge in [-0.05, 0) is 0 Å². The van der Waals surface area contributed by atoms with Gasteiger partial charge < -0.3 is 19.5 Å². The molecule has 0 aliphatic carbocycles. The van der Waals surface area contributed by atoms with Gasteiger partial charge in [-0.15, -0.1) is 0 Å². The molecule has 0 amide bonds. The molecule has 23 heavy (non-hydrogen) atoms. The lowest BCUT2D eigenvalue weighted by Gasteiger charge is -2.21. The van der Waals surface area contributed by atoms with Crippen LogP contribution in [0.25, 0.3) is 0 Å². The fourth-order valence-corrected chi connectivity index (χ4v) is 2.86. The summed E-state index contributed by atoms with van der Waals surface area (Å²) in [6, 6.07) is 1.07. The lowest BCUT2D eigenvalue weighted by Crippen LogP contribution is -2.38. The van der Waals surface area contributed by atoms with E-state index in [0.29, 0.717) is 0 Å². The molecule has 0 radical (unpaired) electrons. The molecule has 2 rings (SSSR count). The van der Waals surface area contributed by atoms with Crippen molar-refractivity contribution < 1.29 is 33.1 Å². The second-order valence-corrected chi connectivity index (χ2v) is 6.26. The van der Waals surface area contributed by atoms with Gasteiger partial charge in [0.25, 0.3) is 5.56 Å². The number of aromatic amines is 1. The van der Waals surface area contributed by atoms with Crippen LogP contribution in [0.2, 0.25) is 0 Å². The van der Waals surface area contributed by atoms with Gasteiger partial charge >= 0.3 is 13.5 Å².